The van der Waals surface area contributed by atoms with E-state index in [1.165, 1.54) is 0 Å². The summed E-state index contributed by atoms with van der Waals surface area (Å²) in [6, 6.07) is 20.2. The number of nitrogens with zero attached hydrogens (tertiary/aromatic N) is 4. The van der Waals surface area contributed by atoms with Crippen molar-refractivity contribution in [3.05, 3.63) is 99.3 Å². The molecule has 0 fully saturated rings. The van der Waals surface area contributed by atoms with Gasteiger partial charge in [-0.25, -0.2) is 4.98 Å². The van der Waals surface area contributed by atoms with Crippen molar-refractivity contribution in [2.75, 3.05) is 5.32 Å². The lowest BCUT2D eigenvalue weighted by Crippen LogP contribution is -2.26. The van der Waals surface area contributed by atoms with Gasteiger partial charge in [0.05, 0.1) is 22.0 Å². The van der Waals surface area contributed by atoms with E-state index in [2.05, 4.69) is 20.3 Å². The summed E-state index contributed by atoms with van der Waals surface area (Å²) in [5, 5.41) is 5.15. The Balaban J connectivity index is 1.71. The minimum atomic E-state index is -0.317. The minimum Gasteiger partial charge on any atom is -0.360 e. The monoisotopic (exact) mass is 461 g/mol. The first-order valence-corrected chi connectivity index (χ1v) is 10.7. The average Bonchev–Trinajstić information content (AvgIpc) is 2.79. The second-order valence-electron chi connectivity index (χ2n) is 7.33. The van der Waals surface area contributed by atoms with Crippen LogP contribution in [0.4, 0.5) is 5.82 Å². The molecule has 6 nitrogen and oxygen atoms in total. The van der Waals surface area contributed by atoms with Gasteiger partial charge in [0, 0.05) is 17.6 Å². The first kappa shape index (κ1) is 20.4. The molecule has 1 N–H and O–H groups in total. The van der Waals surface area contributed by atoms with Crippen LogP contribution in [-0.2, 0) is 0 Å². The number of halogens is 2. The molecular formula is C24H17Cl2N5O. The Morgan fingerprint density at radius 1 is 0.969 bits per heavy atom. The summed E-state index contributed by atoms with van der Waals surface area (Å²) in [4.78, 5) is 26.6. The first-order valence-electron chi connectivity index (χ1n) is 9.97. The van der Waals surface area contributed by atoms with Gasteiger partial charge in [0.2, 0.25) is 5.28 Å². The number of nitrogens with one attached hydrogen (secondary N) is 1. The van der Waals surface area contributed by atoms with E-state index in [1.807, 2.05) is 61.5 Å². The molecule has 8 heteroatoms. The molecule has 0 unspecified atom stereocenters. The summed E-state index contributed by atoms with van der Waals surface area (Å²) >= 11 is 12.5. The van der Waals surface area contributed by atoms with Crippen molar-refractivity contribution < 1.29 is 0 Å². The van der Waals surface area contributed by atoms with Gasteiger partial charge in [-0.15, -0.1) is 0 Å². The number of anilines is 1. The van der Waals surface area contributed by atoms with Crippen LogP contribution in [-0.4, -0.2) is 19.5 Å². The van der Waals surface area contributed by atoms with Gasteiger partial charge >= 0.3 is 0 Å². The second kappa shape index (κ2) is 8.22. The second-order valence-corrected chi connectivity index (χ2v) is 8.07. The number of benzene rings is 2. The van der Waals surface area contributed by atoms with Crippen molar-refractivity contribution >= 4 is 50.8 Å². The highest BCUT2D eigenvalue weighted by Gasteiger charge is 2.19. The number of rotatable bonds is 4. The third-order valence-corrected chi connectivity index (χ3v) is 5.75. The van der Waals surface area contributed by atoms with Crippen molar-refractivity contribution in [2.45, 2.75) is 13.0 Å². The van der Waals surface area contributed by atoms with E-state index in [-0.39, 0.29) is 16.9 Å². The molecule has 3 heterocycles. The zero-order valence-corrected chi connectivity index (χ0v) is 18.5. The number of pyridine rings is 2. The van der Waals surface area contributed by atoms with Crippen molar-refractivity contribution in [3.63, 3.8) is 0 Å². The lowest BCUT2D eigenvalue weighted by Gasteiger charge is -2.22. The van der Waals surface area contributed by atoms with Gasteiger partial charge in [0.25, 0.3) is 5.56 Å². The van der Waals surface area contributed by atoms with Crippen LogP contribution in [0.15, 0.2) is 77.7 Å². The Bertz CT molecular complexity index is 1520. The Hall–Kier alpha value is -3.48. The van der Waals surface area contributed by atoms with Crippen molar-refractivity contribution in [1.82, 2.24) is 19.5 Å². The lowest BCUT2D eigenvalue weighted by atomic mass is 10.1. The molecule has 0 saturated heterocycles. The van der Waals surface area contributed by atoms with Crippen molar-refractivity contribution in [3.8, 4) is 5.69 Å². The topological polar surface area (TPSA) is 72.7 Å². The van der Waals surface area contributed by atoms with Gasteiger partial charge in [0.15, 0.2) is 5.82 Å². The predicted molar refractivity (Wildman–Crippen MR) is 129 cm³/mol. The van der Waals surface area contributed by atoms with E-state index in [0.717, 1.165) is 16.8 Å². The SMILES string of the molecule is C[C@H](Nc1nc(Cl)nc2cccnc12)c1cc2cccc(Cl)c2c(=O)n1-c1ccccc1. The number of fused-ring (bicyclic) bond motifs is 2. The van der Waals surface area contributed by atoms with Crippen molar-refractivity contribution in [2.24, 2.45) is 0 Å². The average molecular weight is 462 g/mol. The minimum absolute atomic E-state index is 0.117. The van der Waals surface area contributed by atoms with Gasteiger partial charge in [0.1, 0.15) is 5.52 Å². The van der Waals surface area contributed by atoms with E-state index < -0.39 is 0 Å². The fraction of sp³-hybridized carbons (Fsp3) is 0.0833. The zero-order valence-electron chi connectivity index (χ0n) is 17.0. The van der Waals surface area contributed by atoms with Gasteiger partial charge < -0.3 is 5.32 Å². The maximum atomic E-state index is 13.6. The van der Waals surface area contributed by atoms with Crippen LogP contribution in [0.2, 0.25) is 10.3 Å². The maximum absolute atomic E-state index is 13.6. The summed E-state index contributed by atoms with van der Waals surface area (Å²) < 4.78 is 1.67. The molecule has 0 aliphatic rings. The summed E-state index contributed by atoms with van der Waals surface area (Å²) in [6.45, 7) is 1.95. The number of hydrogen-bond acceptors (Lipinski definition) is 5. The molecule has 0 spiro atoms. The molecule has 3 aromatic heterocycles. The van der Waals surface area contributed by atoms with Crippen LogP contribution in [0.1, 0.15) is 18.7 Å². The van der Waals surface area contributed by atoms with Crippen LogP contribution in [0.5, 0.6) is 0 Å². The normalized spacial score (nSPS) is 12.2. The summed E-state index contributed by atoms with van der Waals surface area (Å²) in [7, 11) is 0. The first-order chi connectivity index (χ1) is 15.5. The van der Waals surface area contributed by atoms with Gasteiger partial charge in [-0.3, -0.25) is 14.3 Å². The van der Waals surface area contributed by atoms with Crippen LogP contribution in [0.25, 0.3) is 27.5 Å². The molecule has 1 atom stereocenters. The molecule has 5 rings (SSSR count). The van der Waals surface area contributed by atoms with E-state index >= 15 is 0 Å². The lowest BCUT2D eigenvalue weighted by molar-refractivity contribution is 0.774. The summed E-state index contributed by atoms with van der Waals surface area (Å²) in [5.41, 5.74) is 2.53. The Morgan fingerprint density at radius 3 is 2.59 bits per heavy atom. The van der Waals surface area contributed by atoms with Gasteiger partial charge in [-0.2, -0.15) is 4.98 Å². The highest BCUT2D eigenvalue weighted by molar-refractivity contribution is 6.35. The smallest absolute Gasteiger partial charge is 0.264 e. The van der Waals surface area contributed by atoms with E-state index in [9.17, 15) is 4.79 Å². The third-order valence-electron chi connectivity index (χ3n) is 5.26. The quantitative estimate of drug-likeness (QED) is 0.342. The molecule has 0 aliphatic carbocycles. The van der Waals surface area contributed by atoms with E-state index in [4.69, 9.17) is 23.2 Å². The molecule has 0 aliphatic heterocycles. The Labute approximate surface area is 193 Å². The van der Waals surface area contributed by atoms with Crippen LogP contribution in [0, 0.1) is 0 Å². The predicted octanol–water partition coefficient (Wildman–Crippen LogP) is 5.81. The molecule has 0 amide bonds. The Kier molecular flexibility index (Phi) is 5.25. The molecule has 0 bridgehead atoms. The molecular weight excluding hydrogens is 445 g/mol. The molecule has 0 radical (unpaired) electrons. The molecule has 32 heavy (non-hydrogen) atoms. The van der Waals surface area contributed by atoms with Gasteiger partial charge in [-0.1, -0.05) is 41.9 Å². The zero-order chi connectivity index (χ0) is 22.2. The number of aromatic nitrogens is 4. The fourth-order valence-electron chi connectivity index (χ4n) is 3.82. The standard InChI is InChI=1S/C24H17Cl2N5O/c1-14(28-22-21-18(11-6-12-27-21)29-24(26)30-22)19-13-15-7-5-10-17(25)20(15)23(32)31(19)16-8-3-2-4-9-16/h2-14H,1H3,(H,28,29,30)/t14-/m0/s1. The maximum Gasteiger partial charge on any atom is 0.264 e. The van der Waals surface area contributed by atoms with Crippen LogP contribution in [0.3, 0.4) is 0 Å². The Morgan fingerprint density at radius 2 is 1.78 bits per heavy atom. The van der Waals surface area contributed by atoms with Crippen molar-refractivity contribution in [1.29, 1.82) is 0 Å². The molecule has 0 saturated carbocycles. The molecule has 5 aromatic rings. The van der Waals surface area contributed by atoms with Crippen LogP contribution < -0.4 is 10.9 Å². The summed E-state index contributed by atoms with van der Waals surface area (Å²) in [6.07, 6.45) is 1.67. The summed E-state index contributed by atoms with van der Waals surface area (Å²) in [5.74, 6) is 0.492. The van der Waals surface area contributed by atoms with Crippen LogP contribution >= 0.6 is 23.2 Å². The van der Waals surface area contributed by atoms with E-state index in [0.29, 0.717) is 27.3 Å². The highest BCUT2D eigenvalue weighted by atomic mass is 35.5. The third kappa shape index (κ3) is 3.57. The molecule has 158 valence electrons. The molecule has 2 aromatic carbocycles. The number of para-hydroxylation sites is 1. The van der Waals surface area contributed by atoms with E-state index in [1.54, 1.807) is 22.9 Å². The fourth-order valence-corrected chi connectivity index (χ4v) is 4.26. The van der Waals surface area contributed by atoms with Gasteiger partial charge in [-0.05, 0) is 60.3 Å². The largest absolute Gasteiger partial charge is 0.360 e. The highest BCUT2D eigenvalue weighted by Crippen LogP contribution is 2.28. The number of hydrogen-bond donors (Lipinski definition) is 1.